The SMILES string of the molecule is CN(CC1CCOC1)C(=O)C1CCCC(N)C1.Cl. The van der Waals surface area contributed by atoms with Gasteiger partial charge in [0.2, 0.25) is 5.91 Å². The molecule has 2 aliphatic rings. The van der Waals surface area contributed by atoms with Crippen LogP contribution in [0.4, 0.5) is 0 Å². The van der Waals surface area contributed by atoms with Crippen molar-refractivity contribution in [2.45, 2.75) is 38.1 Å². The Labute approximate surface area is 116 Å². The van der Waals surface area contributed by atoms with Crippen LogP contribution in [0.3, 0.4) is 0 Å². The molecule has 5 heteroatoms. The predicted octanol–water partition coefficient (Wildman–Crippen LogP) is 1.42. The Morgan fingerprint density at radius 3 is 2.78 bits per heavy atom. The molecule has 1 saturated carbocycles. The number of amides is 1. The van der Waals surface area contributed by atoms with E-state index < -0.39 is 0 Å². The quantitative estimate of drug-likeness (QED) is 0.848. The highest BCUT2D eigenvalue weighted by Crippen LogP contribution is 2.25. The molecular weight excluding hydrogens is 252 g/mol. The van der Waals surface area contributed by atoms with Gasteiger partial charge in [0.15, 0.2) is 0 Å². The van der Waals surface area contributed by atoms with Gasteiger partial charge in [0.05, 0.1) is 6.61 Å². The monoisotopic (exact) mass is 276 g/mol. The molecule has 0 aromatic heterocycles. The molecule has 1 saturated heterocycles. The molecule has 0 radical (unpaired) electrons. The first kappa shape index (κ1) is 15.7. The Morgan fingerprint density at radius 1 is 1.39 bits per heavy atom. The number of hydrogen-bond donors (Lipinski definition) is 1. The van der Waals surface area contributed by atoms with E-state index in [1.807, 2.05) is 11.9 Å². The molecule has 106 valence electrons. The summed E-state index contributed by atoms with van der Waals surface area (Å²) in [6, 6.07) is 0.223. The fraction of sp³-hybridized carbons (Fsp3) is 0.923. The number of rotatable bonds is 3. The van der Waals surface area contributed by atoms with E-state index in [9.17, 15) is 4.79 Å². The molecular formula is C13H25ClN2O2. The lowest BCUT2D eigenvalue weighted by Gasteiger charge is -2.30. The zero-order valence-electron chi connectivity index (χ0n) is 11.1. The van der Waals surface area contributed by atoms with E-state index in [0.29, 0.717) is 5.92 Å². The minimum atomic E-state index is 0. The minimum Gasteiger partial charge on any atom is -0.381 e. The third-order valence-electron chi connectivity index (χ3n) is 4.00. The summed E-state index contributed by atoms with van der Waals surface area (Å²) in [5, 5.41) is 0. The van der Waals surface area contributed by atoms with Crippen LogP contribution >= 0.6 is 12.4 Å². The van der Waals surface area contributed by atoms with E-state index >= 15 is 0 Å². The van der Waals surface area contributed by atoms with Gasteiger partial charge in [-0.25, -0.2) is 0 Å². The van der Waals surface area contributed by atoms with Gasteiger partial charge in [-0.3, -0.25) is 4.79 Å². The summed E-state index contributed by atoms with van der Waals surface area (Å²) in [7, 11) is 1.92. The number of nitrogens with two attached hydrogens (primary N) is 1. The van der Waals surface area contributed by atoms with Crippen molar-refractivity contribution < 1.29 is 9.53 Å². The van der Waals surface area contributed by atoms with Crippen molar-refractivity contribution in [2.24, 2.45) is 17.6 Å². The summed E-state index contributed by atoms with van der Waals surface area (Å²) in [4.78, 5) is 14.2. The minimum absolute atomic E-state index is 0. The zero-order valence-corrected chi connectivity index (χ0v) is 12.0. The number of ether oxygens (including phenoxy) is 1. The van der Waals surface area contributed by atoms with Crippen LogP contribution in [0.5, 0.6) is 0 Å². The molecule has 3 atom stereocenters. The molecule has 1 aliphatic carbocycles. The molecule has 0 spiro atoms. The number of nitrogens with zero attached hydrogens (tertiary/aromatic N) is 1. The lowest BCUT2D eigenvalue weighted by atomic mass is 9.85. The second kappa shape index (κ2) is 7.31. The Kier molecular flexibility index (Phi) is 6.39. The first-order valence-corrected chi connectivity index (χ1v) is 6.75. The molecule has 2 rings (SSSR count). The summed E-state index contributed by atoms with van der Waals surface area (Å²) in [6.45, 7) is 2.49. The Morgan fingerprint density at radius 2 is 2.17 bits per heavy atom. The van der Waals surface area contributed by atoms with Gasteiger partial charge in [-0.1, -0.05) is 6.42 Å². The largest absolute Gasteiger partial charge is 0.381 e. The third kappa shape index (κ3) is 4.11. The third-order valence-corrected chi connectivity index (χ3v) is 4.00. The van der Waals surface area contributed by atoms with Gasteiger partial charge in [0, 0.05) is 38.1 Å². The maximum atomic E-state index is 12.3. The number of carbonyl (C=O) groups excluding carboxylic acids is 1. The maximum absolute atomic E-state index is 12.3. The first-order chi connectivity index (χ1) is 8.16. The second-order valence-electron chi connectivity index (χ2n) is 5.57. The molecule has 1 amide bonds. The van der Waals surface area contributed by atoms with Gasteiger partial charge in [0.1, 0.15) is 0 Å². The van der Waals surface area contributed by atoms with Crippen molar-refractivity contribution >= 4 is 18.3 Å². The van der Waals surface area contributed by atoms with Gasteiger partial charge in [-0.05, 0) is 25.7 Å². The van der Waals surface area contributed by atoms with E-state index in [-0.39, 0.29) is 30.3 Å². The smallest absolute Gasteiger partial charge is 0.225 e. The van der Waals surface area contributed by atoms with Crippen LogP contribution in [0.15, 0.2) is 0 Å². The number of carbonyl (C=O) groups is 1. The highest BCUT2D eigenvalue weighted by Gasteiger charge is 2.29. The molecule has 4 nitrogen and oxygen atoms in total. The standard InChI is InChI=1S/C13H24N2O2.ClH/c1-15(8-10-5-6-17-9-10)13(16)11-3-2-4-12(14)7-11;/h10-12H,2-9,14H2,1H3;1H. The maximum Gasteiger partial charge on any atom is 0.225 e. The van der Waals surface area contributed by atoms with E-state index in [0.717, 1.165) is 51.9 Å². The summed E-state index contributed by atoms with van der Waals surface area (Å²) in [5.74, 6) is 0.972. The van der Waals surface area contributed by atoms with Gasteiger partial charge in [0.25, 0.3) is 0 Å². The zero-order chi connectivity index (χ0) is 12.3. The van der Waals surface area contributed by atoms with E-state index in [1.165, 1.54) is 0 Å². The van der Waals surface area contributed by atoms with Gasteiger partial charge in [-0.15, -0.1) is 12.4 Å². The predicted molar refractivity (Wildman–Crippen MR) is 73.7 cm³/mol. The average molecular weight is 277 g/mol. The molecule has 0 aromatic carbocycles. The van der Waals surface area contributed by atoms with Crippen molar-refractivity contribution in [2.75, 3.05) is 26.8 Å². The van der Waals surface area contributed by atoms with Gasteiger partial charge >= 0.3 is 0 Å². The van der Waals surface area contributed by atoms with Crippen LogP contribution in [0.25, 0.3) is 0 Å². The molecule has 0 aromatic rings. The fourth-order valence-electron chi connectivity index (χ4n) is 2.97. The Hall–Kier alpha value is -0.320. The normalized spacial score (nSPS) is 31.8. The summed E-state index contributed by atoms with van der Waals surface area (Å²) >= 11 is 0. The van der Waals surface area contributed by atoms with Crippen LogP contribution in [0, 0.1) is 11.8 Å². The van der Waals surface area contributed by atoms with Crippen molar-refractivity contribution in [3.05, 3.63) is 0 Å². The van der Waals surface area contributed by atoms with Gasteiger partial charge in [-0.2, -0.15) is 0 Å². The lowest BCUT2D eigenvalue weighted by molar-refractivity contribution is -0.136. The first-order valence-electron chi connectivity index (χ1n) is 6.75. The molecule has 2 fully saturated rings. The number of halogens is 1. The van der Waals surface area contributed by atoms with Crippen LogP contribution in [-0.2, 0) is 9.53 Å². The number of hydrogen-bond acceptors (Lipinski definition) is 3. The molecule has 1 heterocycles. The summed E-state index contributed by atoms with van der Waals surface area (Å²) in [6.07, 6.45) is 5.13. The Balaban J connectivity index is 0.00000162. The Bertz CT molecular complexity index is 270. The van der Waals surface area contributed by atoms with Crippen molar-refractivity contribution in [1.82, 2.24) is 4.90 Å². The van der Waals surface area contributed by atoms with Crippen LogP contribution in [0.1, 0.15) is 32.1 Å². The summed E-state index contributed by atoms with van der Waals surface area (Å²) < 4.78 is 5.34. The van der Waals surface area contributed by atoms with Crippen LogP contribution < -0.4 is 5.73 Å². The molecule has 18 heavy (non-hydrogen) atoms. The highest BCUT2D eigenvalue weighted by atomic mass is 35.5. The van der Waals surface area contributed by atoms with Crippen molar-refractivity contribution in [3.8, 4) is 0 Å². The lowest BCUT2D eigenvalue weighted by Crippen LogP contribution is -2.40. The molecule has 2 N–H and O–H groups in total. The van der Waals surface area contributed by atoms with E-state index in [4.69, 9.17) is 10.5 Å². The molecule has 0 bridgehead atoms. The van der Waals surface area contributed by atoms with Crippen molar-refractivity contribution in [1.29, 1.82) is 0 Å². The second-order valence-corrected chi connectivity index (χ2v) is 5.57. The van der Waals surface area contributed by atoms with Gasteiger partial charge < -0.3 is 15.4 Å². The highest BCUT2D eigenvalue weighted by molar-refractivity contribution is 5.85. The average Bonchev–Trinajstić information content (AvgIpc) is 2.80. The van der Waals surface area contributed by atoms with Crippen LogP contribution in [-0.4, -0.2) is 43.7 Å². The van der Waals surface area contributed by atoms with Crippen LogP contribution in [0.2, 0.25) is 0 Å². The van der Waals surface area contributed by atoms with Crippen molar-refractivity contribution in [3.63, 3.8) is 0 Å². The topological polar surface area (TPSA) is 55.6 Å². The fourth-order valence-corrected chi connectivity index (χ4v) is 2.97. The van der Waals surface area contributed by atoms with E-state index in [2.05, 4.69) is 0 Å². The van der Waals surface area contributed by atoms with E-state index in [1.54, 1.807) is 0 Å². The molecule has 3 unspecified atom stereocenters. The molecule has 1 aliphatic heterocycles. The summed E-state index contributed by atoms with van der Waals surface area (Å²) in [5.41, 5.74) is 5.94.